The number of benzene rings is 1. The molecule has 1 heterocycles. The third kappa shape index (κ3) is 3.28. The molecule has 0 aliphatic heterocycles. The second-order valence-electron chi connectivity index (χ2n) is 3.84. The summed E-state index contributed by atoms with van der Waals surface area (Å²) in [5, 5.41) is 9.13. The zero-order valence-electron chi connectivity index (χ0n) is 9.93. The van der Waals surface area contributed by atoms with Crippen LogP contribution in [-0.4, -0.2) is 10.2 Å². The van der Waals surface area contributed by atoms with E-state index in [1.54, 1.807) is 23.1 Å². The van der Waals surface area contributed by atoms with Gasteiger partial charge in [0.2, 0.25) is 0 Å². The topological polar surface area (TPSA) is 51.8 Å². The molecule has 0 fully saturated rings. The van der Waals surface area contributed by atoms with Crippen LogP contribution in [0.5, 0.6) is 0 Å². The van der Waals surface area contributed by atoms with E-state index in [1.165, 1.54) is 16.7 Å². The van der Waals surface area contributed by atoms with Crippen LogP contribution in [0.2, 0.25) is 0 Å². The van der Waals surface area contributed by atoms with E-state index >= 15 is 0 Å². The Hall–Kier alpha value is -0.910. The van der Waals surface area contributed by atoms with Gasteiger partial charge in [-0.05, 0) is 30.5 Å². The molecule has 0 bridgehead atoms. The van der Waals surface area contributed by atoms with Gasteiger partial charge in [-0.3, -0.25) is 0 Å². The zero-order chi connectivity index (χ0) is 12.3. The van der Waals surface area contributed by atoms with Crippen LogP contribution in [-0.2, 0) is 12.3 Å². The highest BCUT2D eigenvalue weighted by Gasteiger charge is 2.04. The fourth-order valence-electron chi connectivity index (χ4n) is 1.52. The minimum atomic E-state index is 0.601. The molecule has 0 aliphatic carbocycles. The van der Waals surface area contributed by atoms with E-state index in [2.05, 4.69) is 35.3 Å². The maximum Gasteiger partial charge on any atom is 0.174 e. The molecule has 5 heteroatoms. The number of hydrogen-bond acceptors (Lipinski definition) is 5. The molecule has 0 spiro atoms. The first-order chi connectivity index (χ1) is 8.19. The summed E-state index contributed by atoms with van der Waals surface area (Å²) in [6.07, 6.45) is 0. The van der Waals surface area contributed by atoms with Crippen LogP contribution in [0.25, 0.3) is 0 Å². The molecule has 0 amide bonds. The lowest BCUT2D eigenvalue weighted by Gasteiger charge is -2.06. The van der Waals surface area contributed by atoms with Crippen LogP contribution in [0.1, 0.15) is 21.7 Å². The van der Waals surface area contributed by atoms with Gasteiger partial charge in [0.1, 0.15) is 5.01 Å². The van der Waals surface area contributed by atoms with Crippen LogP contribution in [0.4, 0.5) is 0 Å². The first-order valence-corrected chi connectivity index (χ1v) is 7.20. The Morgan fingerprint density at radius 2 is 2.12 bits per heavy atom. The van der Waals surface area contributed by atoms with Crippen molar-refractivity contribution >= 4 is 23.1 Å². The number of rotatable bonds is 4. The first-order valence-electron chi connectivity index (χ1n) is 5.40. The minimum absolute atomic E-state index is 0.601. The van der Waals surface area contributed by atoms with E-state index in [-0.39, 0.29) is 0 Å². The second-order valence-corrected chi connectivity index (χ2v) is 6.24. The monoisotopic (exact) mass is 265 g/mol. The van der Waals surface area contributed by atoms with E-state index in [0.717, 1.165) is 15.1 Å². The van der Waals surface area contributed by atoms with E-state index in [0.29, 0.717) is 6.54 Å². The fraction of sp³-hybridized carbons (Fsp3) is 0.333. The van der Waals surface area contributed by atoms with Crippen molar-refractivity contribution in [1.29, 1.82) is 0 Å². The second kappa shape index (κ2) is 5.62. The SMILES string of the molecule is Cc1nnc(SCc2ccc(CN)cc2C)s1. The Labute approximate surface area is 109 Å². The van der Waals surface area contributed by atoms with E-state index in [9.17, 15) is 0 Å². The molecule has 0 saturated carbocycles. The van der Waals surface area contributed by atoms with Gasteiger partial charge in [-0.25, -0.2) is 0 Å². The van der Waals surface area contributed by atoms with Gasteiger partial charge in [-0.1, -0.05) is 41.3 Å². The normalized spacial score (nSPS) is 10.8. The van der Waals surface area contributed by atoms with Crippen LogP contribution in [0.15, 0.2) is 22.5 Å². The molecule has 17 heavy (non-hydrogen) atoms. The average molecular weight is 265 g/mol. The summed E-state index contributed by atoms with van der Waals surface area (Å²) >= 11 is 3.38. The lowest BCUT2D eigenvalue weighted by molar-refractivity contribution is 0.983. The van der Waals surface area contributed by atoms with Gasteiger partial charge in [0.15, 0.2) is 4.34 Å². The van der Waals surface area contributed by atoms with Crippen molar-refractivity contribution in [3.05, 3.63) is 39.9 Å². The highest BCUT2D eigenvalue weighted by molar-refractivity contribution is 8.00. The number of hydrogen-bond donors (Lipinski definition) is 1. The largest absolute Gasteiger partial charge is 0.326 e. The molecule has 3 nitrogen and oxygen atoms in total. The molecule has 1 aromatic heterocycles. The molecule has 2 N–H and O–H groups in total. The zero-order valence-corrected chi connectivity index (χ0v) is 11.6. The van der Waals surface area contributed by atoms with E-state index in [4.69, 9.17) is 5.73 Å². The van der Waals surface area contributed by atoms with E-state index < -0.39 is 0 Å². The number of thioether (sulfide) groups is 1. The van der Waals surface area contributed by atoms with Gasteiger partial charge in [0.05, 0.1) is 0 Å². The van der Waals surface area contributed by atoms with Crippen LogP contribution < -0.4 is 5.73 Å². The Kier molecular flexibility index (Phi) is 4.15. The Balaban J connectivity index is 2.04. The van der Waals surface area contributed by atoms with Gasteiger partial charge in [-0.2, -0.15) is 0 Å². The van der Waals surface area contributed by atoms with Crippen LogP contribution in [0, 0.1) is 13.8 Å². The molecule has 0 radical (unpaired) electrons. The quantitative estimate of drug-likeness (QED) is 0.864. The predicted octanol–water partition coefficient (Wildman–Crippen LogP) is 2.91. The Morgan fingerprint density at radius 3 is 2.71 bits per heavy atom. The van der Waals surface area contributed by atoms with Gasteiger partial charge >= 0.3 is 0 Å². The minimum Gasteiger partial charge on any atom is -0.326 e. The molecule has 2 aromatic rings. The van der Waals surface area contributed by atoms with Crippen molar-refractivity contribution in [2.75, 3.05) is 0 Å². The highest BCUT2D eigenvalue weighted by atomic mass is 32.2. The van der Waals surface area contributed by atoms with Crippen molar-refractivity contribution in [3.63, 3.8) is 0 Å². The smallest absolute Gasteiger partial charge is 0.174 e. The third-order valence-electron chi connectivity index (χ3n) is 2.50. The molecular formula is C12H15N3S2. The van der Waals surface area contributed by atoms with Gasteiger partial charge in [0, 0.05) is 12.3 Å². The van der Waals surface area contributed by atoms with Crippen molar-refractivity contribution in [2.45, 2.75) is 30.5 Å². The number of nitrogens with two attached hydrogens (primary N) is 1. The van der Waals surface area contributed by atoms with Crippen molar-refractivity contribution in [1.82, 2.24) is 10.2 Å². The summed E-state index contributed by atoms with van der Waals surface area (Å²) in [5.74, 6) is 0.936. The van der Waals surface area contributed by atoms with Crippen molar-refractivity contribution in [2.24, 2.45) is 5.73 Å². The molecule has 90 valence electrons. The molecule has 0 aliphatic rings. The molecule has 1 aromatic carbocycles. The maximum atomic E-state index is 5.61. The molecule has 0 unspecified atom stereocenters. The van der Waals surface area contributed by atoms with Crippen LogP contribution in [0.3, 0.4) is 0 Å². The summed E-state index contributed by atoms with van der Waals surface area (Å²) < 4.78 is 1.03. The van der Waals surface area contributed by atoms with Gasteiger partial charge in [-0.15, -0.1) is 10.2 Å². The predicted molar refractivity (Wildman–Crippen MR) is 73.3 cm³/mol. The summed E-state index contributed by atoms with van der Waals surface area (Å²) in [4.78, 5) is 0. The van der Waals surface area contributed by atoms with Gasteiger partial charge < -0.3 is 5.73 Å². The number of nitrogens with zero attached hydrogens (tertiary/aromatic N) is 2. The average Bonchev–Trinajstić information content (AvgIpc) is 2.73. The van der Waals surface area contributed by atoms with Crippen LogP contribution >= 0.6 is 23.1 Å². The number of aryl methyl sites for hydroxylation is 2. The highest BCUT2D eigenvalue weighted by Crippen LogP contribution is 2.27. The first kappa shape index (κ1) is 12.5. The lowest BCUT2D eigenvalue weighted by Crippen LogP contribution is -1.97. The summed E-state index contributed by atoms with van der Waals surface area (Å²) in [7, 11) is 0. The Morgan fingerprint density at radius 1 is 1.29 bits per heavy atom. The molecule has 0 saturated heterocycles. The molecular weight excluding hydrogens is 250 g/mol. The molecule has 2 rings (SSSR count). The third-order valence-corrected chi connectivity index (χ3v) is 4.52. The lowest BCUT2D eigenvalue weighted by atomic mass is 10.1. The number of aromatic nitrogens is 2. The summed E-state index contributed by atoms with van der Waals surface area (Å²) in [6, 6.07) is 6.40. The maximum absolute atomic E-state index is 5.61. The standard InChI is InChI=1S/C12H15N3S2/c1-8-5-10(6-13)3-4-11(8)7-16-12-15-14-9(2)17-12/h3-5H,6-7,13H2,1-2H3. The summed E-state index contributed by atoms with van der Waals surface area (Å²) in [5.41, 5.74) is 9.42. The summed E-state index contributed by atoms with van der Waals surface area (Å²) in [6.45, 7) is 4.70. The van der Waals surface area contributed by atoms with Crippen molar-refractivity contribution in [3.8, 4) is 0 Å². The van der Waals surface area contributed by atoms with E-state index in [1.807, 2.05) is 6.92 Å². The molecule has 0 atom stereocenters. The van der Waals surface area contributed by atoms with Gasteiger partial charge in [0.25, 0.3) is 0 Å². The fourth-order valence-corrected chi connectivity index (χ4v) is 3.41. The van der Waals surface area contributed by atoms with Crippen molar-refractivity contribution < 1.29 is 0 Å². The Bertz CT molecular complexity index is 508.